The highest BCUT2D eigenvalue weighted by Crippen LogP contribution is 2.40. The number of nitrogens with one attached hydrogen (secondary N) is 1. The SMILES string of the molecule is COc1ccc(CCNC(=O)CSc2nc(C)nc3sc4c(c23)CCC4)cc1. The van der Waals surface area contributed by atoms with E-state index in [1.807, 2.05) is 31.2 Å². The van der Waals surface area contributed by atoms with Crippen LogP contribution in [0.5, 0.6) is 5.75 Å². The van der Waals surface area contributed by atoms with Crippen LogP contribution < -0.4 is 10.1 Å². The number of benzene rings is 1. The Morgan fingerprint density at radius 1 is 1.25 bits per heavy atom. The van der Waals surface area contributed by atoms with E-state index < -0.39 is 0 Å². The van der Waals surface area contributed by atoms with Crippen molar-refractivity contribution in [1.29, 1.82) is 0 Å². The van der Waals surface area contributed by atoms with Crippen molar-refractivity contribution in [3.05, 3.63) is 46.1 Å². The molecule has 0 bridgehead atoms. The smallest absolute Gasteiger partial charge is 0.230 e. The fraction of sp³-hybridized carbons (Fsp3) is 0.381. The maximum Gasteiger partial charge on any atom is 0.230 e. The minimum absolute atomic E-state index is 0.0369. The summed E-state index contributed by atoms with van der Waals surface area (Å²) in [5, 5.41) is 5.14. The van der Waals surface area contributed by atoms with Crippen LogP contribution in [0, 0.1) is 6.92 Å². The largest absolute Gasteiger partial charge is 0.497 e. The lowest BCUT2D eigenvalue weighted by molar-refractivity contribution is -0.118. The van der Waals surface area contributed by atoms with Crippen molar-refractivity contribution < 1.29 is 9.53 Å². The highest BCUT2D eigenvalue weighted by molar-refractivity contribution is 8.00. The molecule has 0 spiro atoms. The van der Waals surface area contributed by atoms with Crippen molar-refractivity contribution in [2.45, 2.75) is 37.6 Å². The molecule has 28 heavy (non-hydrogen) atoms. The van der Waals surface area contributed by atoms with Crippen molar-refractivity contribution in [3.63, 3.8) is 0 Å². The molecule has 0 fully saturated rings. The van der Waals surface area contributed by atoms with Crippen molar-refractivity contribution in [3.8, 4) is 5.75 Å². The number of amides is 1. The van der Waals surface area contributed by atoms with E-state index in [0.717, 1.165) is 40.7 Å². The second kappa shape index (κ2) is 8.49. The van der Waals surface area contributed by atoms with E-state index in [4.69, 9.17) is 4.74 Å². The van der Waals surface area contributed by atoms with Gasteiger partial charge < -0.3 is 10.1 Å². The summed E-state index contributed by atoms with van der Waals surface area (Å²) in [6.45, 7) is 2.54. The fourth-order valence-corrected chi connectivity index (χ4v) is 5.79. The third-order valence-corrected chi connectivity index (χ3v) is 7.04. The first-order valence-corrected chi connectivity index (χ1v) is 11.3. The lowest BCUT2D eigenvalue weighted by Gasteiger charge is -2.07. The number of thiophene rings is 1. The Bertz CT molecular complexity index is 999. The number of methoxy groups -OCH3 is 1. The Labute approximate surface area is 172 Å². The van der Waals surface area contributed by atoms with Crippen LogP contribution in [0.2, 0.25) is 0 Å². The van der Waals surface area contributed by atoms with Crippen LogP contribution in [0.4, 0.5) is 0 Å². The van der Waals surface area contributed by atoms with Gasteiger partial charge in [0, 0.05) is 16.8 Å². The van der Waals surface area contributed by atoms with Gasteiger partial charge in [0.15, 0.2) is 0 Å². The molecule has 0 aliphatic heterocycles. The molecule has 2 aromatic heterocycles. The van der Waals surface area contributed by atoms with Gasteiger partial charge in [0.25, 0.3) is 0 Å². The van der Waals surface area contributed by atoms with E-state index in [9.17, 15) is 4.79 Å². The molecule has 0 radical (unpaired) electrons. The summed E-state index contributed by atoms with van der Waals surface area (Å²) in [7, 11) is 1.66. The molecule has 1 aliphatic rings. The number of aromatic nitrogens is 2. The first kappa shape index (κ1) is 19.2. The average Bonchev–Trinajstić information content (AvgIpc) is 3.27. The maximum atomic E-state index is 12.3. The molecule has 3 aromatic rings. The molecule has 7 heteroatoms. The van der Waals surface area contributed by atoms with Crippen LogP contribution in [0.3, 0.4) is 0 Å². The van der Waals surface area contributed by atoms with Crippen LogP contribution in [0.25, 0.3) is 10.2 Å². The van der Waals surface area contributed by atoms with Gasteiger partial charge in [-0.25, -0.2) is 9.97 Å². The summed E-state index contributed by atoms with van der Waals surface area (Å²) in [5.41, 5.74) is 2.58. The zero-order chi connectivity index (χ0) is 19.5. The standard InChI is InChI=1S/C21H23N3O2S2/c1-13-23-20(19-16-4-3-5-17(16)28-21(19)24-13)27-12-18(25)22-11-10-14-6-8-15(26-2)9-7-14/h6-9H,3-5,10-12H2,1-2H3,(H,22,25). The zero-order valence-electron chi connectivity index (χ0n) is 16.1. The molecular weight excluding hydrogens is 390 g/mol. The van der Waals surface area contributed by atoms with Crippen molar-refractivity contribution >= 4 is 39.2 Å². The van der Waals surface area contributed by atoms with Gasteiger partial charge in [0.2, 0.25) is 5.91 Å². The minimum atomic E-state index is 0.0369. The highest BCUT2D eigenvalue weighted by Gasteiger charge is 2.22. The fourth-order valence-electron chi connectivity index (χ4n) is 3.49. The molecule has 5 nitrogen and oxygen atoms in total. The number of rotatable bonds is 7. The summed E-state index contributed by atoms with van der Waals surface area (Å²) in [6.07, 6.45) is 4.25. The Morgan fingerprint density at radius 2 is 2.07 bits per heavy atom. The van der Waals surface area contributed by atoms with Crippen LogP contribution in [0.15, 0.2) is 29.3 Å². The molecule has 0 unspecified atom stereocenters. The number of ether oxygens (including phenoxy) is 1. The van der Waals surface area contributed by atoms with Gasteiger partial charge >= 0.3 is 0 Å². The van der Waals surface area contributed by atoms with E-state index in [2.05, 4.69) is 15.3 Å². The number of carbonyl (C=O) groups excluding carboxylic acids is 1. The average molecular weight is 414 g/mol. The molecule has 1 N–H and O–H groups in total. The van der Waals surface area contributed by atoms with Crippen LogP contribution in [0.1, 0.15) is 28.2 Å². The third kappa shape index (κ3) is 4.15. The summed E-state index contributed by atoms with van der Waals surface area (Å²) in [4.78, 5) is 24.1. The normalized spacial score (nSPS) is 12.9. The molecule has 0 saturated carbocycles. The third-order valence-electron chi connectivity index (χ3n) is 4.88. The van der Waals surface area contributed by atoms with E-state index in [1.54, 1.807) is 18.4 Å². The summed E-state index contributed by atoms with van der Waals surface area (Å²) >= 11 is 3.31. The summed E-state index contributed by atoms with van der Waals surface area (Å²) in [6, 6.07) is 7.93. The number of fused-ring (bicyclic) bond motifs is 3. The highest BCUT2D eigenvalue weighted by atomic mass is 32.2. The predicted molar refractivity (Wildman–Crippen MR) is 115 cm³/mol. The maximum absolute atomic E-state index is 12.3. The quantitative estimate of drug-likeness (QED) is 0.469. The first-order valence-electron chi connectivity index (χ1n) is 9.45. The van der Waals surface area contributed by atoms with Gasteiger partial charge in [-0.15, -0.1) is 11.3 Å². The van der Waals surface area contributed by atoms with E-state index in [-0.39, 0.29) is 5.91 Å². The number of hydrogen-bond acceptors (Lipinski definition) is 6. The van der Waals surface area contributed by atoms with Gasteiger partial charge in [-0.2, -0.15) is 0 Å². The van der Waals surface area contributed by atoms with Gasteiger partial charge in [-0.05, 0) is 55.9 Å². The second-order valence-corrected chi connectivity index (χ2v) is 8.90. The molecule has 0 atom stereocenters. The molecule has 146 valence electrons. The molecule has 4 rings (SSSR count). The first-order chi connectivity index (χ1) is 13.6. The Hall–Kier alpha value is -2.12. The molecule has 0 saturated heterocycles. The monoisotopic (exact) mass is 413 g/mol. The van der Waals surface area contributed by atoms with Gasteiger partial charge in [0.05, 0.1) is 12.9 Å². The zero-order valence-corrected chi connectivity index (χ0v) is 17.7. The van der Waals surface area contributed by atoms with E-state index in [0.29, 0.717) is 12.3 Å². The van der Waals surface area contributed by atoms with Gasteiger partial charge in [0.1, 0.15) is 21.4 Å². The lowest BCUT2D eigenvalue weighted by atomic mass is 10.1. The van der Waals surface area contributed by atoms with Crippen LogP contribution in [-0.4, -0.2) is 35.3 Å². The van der Waals surface area contributed by atoms with Crippen LogP contribution in [-0.2, 0) is 24.1 Å². The number of aryl methyl sites for hydroxylation is 3. The van der Waals surface area contributed by atoms with Crippen LogP contribution >= 0.6 is 23.1 Å². The Kier molecular flexibility index (Phi) is 5.82. The second-order valence-electron chi connectivity index (χ2n) is 6.85. The minimum Gasteiger partial charge on any atom is -0.497 e. The van der Waals surface area contributed by atoms with Crippen molar-refractivity contribution in [2.75, 3.05) is 19.4 Å². The molecule has 1 aliphatic carbocycles. The molecule has 2 heterocycles. The van der Waals surface area contributed by atoms with E-state index >= 15 is 0 Å². The molecule has 1 amide bonds. The number of nitrogens with zero attached hydrogens (tertiary/aromatic N) is 2. The molecule has 1 aromatic carbocycles. The van der Waals surface area contributed by atoms with Crippen molar-refractivity contribution in [2.24, 2.45) is 0 Å². The van der Waals surface area contributed by atoms with Gasteiger partial charge in [-0.3, -0.25) is 4.79 Å². The number of hydrogen-bond donors (Lipinski definition) is 1. The topological polar surface area (TPSA) is 64.1 Å². The lowest BCUT2D eigenvalue weighted by Crippen LogP contribution is -2.27. The van der Waals surface area contributed by atoms with E-state index in [1.165, 1.54) is 39.6 Å². The molecular formula is C21H23N3O2S2. The van der Waals surface area contributed by atoms with Crippen molar-refractivity contribution in [1.82, 2.24) is 15.3 Å². The summed E-state index contributed by atoms with van der Waals surface area (Å²) < 4.78 is 5.16. The Morgan fingerprint density at radius 3 is 2.86 bits per heavy atom. The Balaban J connectivity index is 1.34. The number of thioether (sulfide) groups is 1. The predicted octanol–water partition coefficient (Wildman–Crippen LogP) is 3.95. The van der Waals surface area contributed by atoms with Gasteiger partial charge in [-0.1, -0.05) is 23.9 Å². The number of carbonyl (C=O) groups is 1. The summed E-state index contributed by atoms with van der Waals surface area (Å²) in [5.74, 6) is 2.03.